The summed E-state index contributed by atoms with van der Waals surface area (Å²) >= 11 is 6.19. The molecule has 2 rings (SSSR count). The topological polar surface area (TPSA) is 42.2 Å². The van der Waals surface area contributed by atoms with E-state index in [0.29, 0.717) is 10.6 Å². The maximum absolute atomic E-state index is 14.3. The van der Waals surface area contributed by atoms with Gasteiger partial charge in [-0.05, 0) is 24.6 Å². The number of aromatic nitrogens is 1. The van der Waals surface area contributed by atoms with E-state index in [4.69, 9.17) is 17.3 Å². The number of hydrogen-bond donors (Lipinski definition) is 1. The molecule has 0 fully saturated rings. The van der Waals surface area contributed by atoms with E-state index in [1.807, 2.05) is 31.2 Å². The van der Waals surface area contributed by atoms with Crippen molar-refractivity contribution >= 4 is 17.4 Å². The molecule has 1 heterocycles. The number of nitrogens with zero attached hydrogens (tertiary/aromatic N) is 2. The first-order valence-electron chi connectivity index (χ1n) is 6.37. The summed E-state index contributed by atoms with van der Waals surface area (Å²) in [6.45, 7) is 2.10. The van der Waals surface area contributed by atoms with Crippen molar-refractivity contribution in [3.05, 3.63) is 58.5 Å². The fourth-order valence-corrected chi connectivity index (χ4v) is 2.37. The van der Waals surface area contributed by atoms with Crippen LogP contribution >= 0.6 is 11.6 Å². The van der Waals surface area contributed by atoms with E-state index >= 15 is 0 Å². The number of nitrogens with two attached hydrogens (primary N) is 1. The first kappa shape index (κ1) is 14.8. The lowest BCUT2D eigenvalue weighted by atomic mass is 10.1. The van der Waals surface area contributed by atoms with Gasteiger partial charge in [-0.1, -0.05) is 29.8 Å². The van der Waals surface area contributed by atoms with Crippen LogP contribution in [0.25, 0.3) is 0 Å². The second-order valence-corrected chi connectivity index (χ2v) is 5.03. The average Bonchev–Trinajstić information content (AvgIpc) is 2.46. The van der Waals surface area contributed by atoms with E-state index in [1.54, 1.807) is 24.2 Å². The predicted molar refractivity (Wildman–Crippen MR) is 80.4 cm³/mol. The van der Waals surface area contributed by atoms with Crippen LogP contribution in [0.15, 0.2) is 36.5 Å². The van der Waals surface area contributed by atoms with Crippen molar-refractivity contribution in [2.75, 3.05) is 11.9 Å². The Morgan fingerprint density at radius 1 is 1.35 bits per heavy atom. The summed E-state index contributed by atoms with van der Waals surface area (Å²) in [7, 11) is 1.79. The lowest BCUT2D eigenvalue weighted by Gasteiger charge is -2.27. The summed E-state index contributed by atoms with van der Waals surface area (Å²) in [5.74, 6) is -0.100. The van der Waals surface area contributed by atoms with Gasteiger partial charge in [0.1, 0.15) is 0 Å². The van der Waals surface area contributed by atoms with Crippen LogP contribution in [-0.2, 0) is 6.54 Å². The third-order valence-corrected chi connectivity index (χ3v) is 3.79. The molecule has 0 saturated carbocycles. The van der Waals surface area contributed by atoms with Crippen LogP contribution in [0.2, 0.25) is 5.02 Å². The molecule has 1 atom stereocenters. The first-order chi connectivity index (χ1) is 9.56. The smallest absolute Gasteiger partial charge is 0.170 e. The van der Waals surface area contributed by atoms with E-state index in [1.165, 1.54) is 0 Å². The van der Waals surface area contributed by atoms with Crippen LogP contribution < -0.4 is 10.6 Å². The zero-order chi connectivity index (χ0) is 14.7. The van der Waals surface area contributed by atoms with E-state index in [-0.39, 0.29) is 24.2 Å². The highest BCUT2D eigenvalue weighted by Gasteiger charge is 2.20. The number of benzene rings is 1. The van der Waals surface area contributed by atoms with Gasteiger partial charge >= 0.3 is 0 Å². The quantitative estimate of drug-likeness (QED) is 0.937. The monoisotopic (exact) mass is 293 g/mol. The predicted octanol–water partition coefficient (Wildman–Crippen LogP) is 3.53. The molecule has 2 N–H and O–H groups in total. The lowest BCUT2D eigenvalue weighted by Crippen LogP contribution is -2.24. The van der Waals surface area contributed by atoms with Crippen LogP contribution in [-0.4, -0.2) is 12.0 Å². The molecule has 1 unspecified atom stereocenters. The summed E-state index contributed by atoms with van der Waals surface area (Å²) in [5.41, 5.74) is 6.90. The second kappa shape index (κ2) is 6.20. The van der Waals surface area contributed by atoms with E-state index in [0.717, 1.165) is 5.56 Å². The summed E-state index contributed by atoms with van der Waals surface area (Å²) < 4.78 is 14.3. The normalized spacial score (nSPS) is 12.2. The molecular weight excluding hydrogens is 277 g/mol. The van der Waals surface area contributed by atoms with Crippen molar-refractivity contribution in [1.29, 1.82) is 0 Å². The van der Waals surface area contributed by atoms with Crippen molar-refractivity contribution in [2.24, 2.45) is 5.73 Å². The summed E-state index contributed by atoms with van der Waals surface area (Å²) in [4.78, 5) is 5.87. The third kappa shape index (κ3) is 2.76. The molecule has 1 aromatic heterocycles. The highest BCUT2D eigenvalue weighted by Crippen LogP contribution is 2.30. The zero-order valence-electron chi connectivity index (χ0n) is 11.5. The molecule has 0 aliphatic rings. The van der Waals surface area contributed by atoms with E-state index < -0.39 is 0 Å². The van der Waals surface area contributed by atoms with Crippen LogP contribution in [0.4, 0.5) is 10.2 Å². The number of halogens is 2. The molecule has 0 aliphatic heterocycles. The van der Waals surface area contributed by atoms with Crippen molar-refractivity contribution in [1.82, 2.24) is 4.98 Å². The van der Waals surface area contributed by atoms with Crippen molar-refractivity contribution < 1.29 is 4.39 Å². The van der Waals surface area contributed by atoms with E-state index in [9.17, 15) is 4.39 Å². The number of hydrogen-bond acceptors (Lipinski definition) is 3. The molecule has 0 aliphatic carbocycles. The Morgan fingerprint density at radius 3 is 2.70 bits per heavy atom. The molecule has 3 nitrogen and oxygen atoms in total. The Labute approximate surface area is 123 Å². The van der Waals surface area contributed by atoms with Crippen LogP contribution in [0, 0.1) is 5.82 Å². The Balaban J connectivity index is 2.36. The van der Waals surface area contributed by atoms with Gasteiger partial charge in [0.2, 0.25) is 0 Å². The first-order valence-corrected chi connectivity index (χ1v) is 6.74. The number of anilines is 1. The molecule has 5 heteroatoms. The fourth-order valence-electron chi connectivity index (χ4n) is 2.08. The molecule has 106 valence electrons. The van der Waals surface area contributed by atoms with Gasteiger partial charge in [-0.3, -0.25) is 0 Å². The van der Waals surface area contributed by atoms with Crippen LogP contribution in [0.3, 0.4) is 0 Å². The van der Waals surface area contributed by atoms with Gasteiger partial charge in [0.25, 0.3) is 0 Å². The van der Waals surface area contributed by atoms with Crippen LogP contribution in [0.1, 0.15) is 24.1 Å². The molecule has 0 saturated heterocycles. The largest absolute Gasteiger partial charge is 0.350 e. The zero-order valence-corrected chi connectivity index (χ0v) is 12.2. The van der Waals surface area contributed by atoms with Gasteiger partial charge in [-0.15, -0.1) is 0 Å². The Kier molecular flexibility index (Phi) is 4.57. The lowest BCUT2D eigenvalue weighted by molar-refractivity contribution is 0.588. The van der Waals surface area contributed by atoms with Gasteiger partial charge in [0.05, 0.1) is 6.04 Å². The fraction of sp³-hybridized carbons (Fsp3) is 0.267. The third-order valence-electron chi connectivity index (χ3n) is 3.44. The summed E-state index contributed by atoms with van der Waals surface area (Å²) in [5, 5.41) is 0.655. The molecule has 0 bridgehead atoms. The minimum absolute atomic E-state index is 0.0984. The van der Waals surface area contributed by atoms with Crippen molar-refractivity contribution in [3.63, 3.8) is 0 Å². The van der Waals surface area contributed by atoms with Gasteiger partial charge < -0.3 is 10.6 Å². The molecule has 20 heavy (non-hydrogen) atoms. The SMILES string of the molecule is CC(c1ccccc1Cl)N(C)c1nccc(CN)c1F. The van der Waals surface area contributed by atoms with Gasteiger partial charge in [0, 0.05) is 30.4 Å². The summed E-state index contributed by atoms with van der Waals surface area (Å²) in [6.07, 6.45) is 1.57. The minimum atomic E-state index is -0.378. The maximum Gasteiger partial charge on any atom is 0.170 e. The van der Waals surface area contributed by atoms with Gasteiger partial charge in [0.15, 0.2) is 11.6 Å². The highest BCUT2D eigenvalue weighted by molar-refractivity contribution is 6.31. The minimum Gasteiger partial charge on any atom is -0.350 e. The summed E-state index contributed by atoms with van der Waals surface area (Å²) in [6, 6.07) is 9.01. The Hall–Kier alpha value is -1.65. The molecule has 0 amide bonds. The molecule has 0 spiro atoms. The van der Waals surface area contributed by atoms with E-state index in [2.05, 4.69) is 4.98 Å². The number of pyridine rings is 1. The highest BCUT2D eigenvalue weighted by atomic mass is 35.5. The van der Waals surface area contributed by atoms with Crippen LogP contribution in [0.5, 0.6) is 0 Å². The van der Waals surface area contributed by atoms with Gasteiger partial charge in [-0.2, -0.15) is 0 Å². The van der Waals surface area contributed by atoms with Gasteiger partial charge in [-0.25, -0.2) is 9.37 Å². The van der Waals surface area contributed by atoms with Crippen molar-refractivity contribution in [2.45, 2.75) is 19.5 Å². The Bertz CT molecular complexity index is 603. The second-order valence-electron chi connectivity index (χ2n) is 4.62. The standard InChI is InChI=1S/C15H17ClFN3/c1-10(12-5-3-4-6-13(12)16)20(2)15-14(17)11(9-18)7-8-19-15/h3-8,10H,9,18H2,1-2H3. The number of rotatable bonds is 4. The maximum atomic E-state index is 14.3. The molecule has 2 aromatic rings. The molecular formula is C15H17ClFN3. The average molecular weight is 294 g/mol. The molecule has 1 aromatic carbocycles. The Morgan fingerprint density at radius 2 is 2.05 bits per heavy atom. The van der Waals surface area contributed by atoms with Crippen molar-refractivity contribution in [3.8, 4) is 0 Å². The molecule has 0 radical (unpaired) electrons.